The van der Waals surface area contributed by atoms with Crippen molar-refractivity contribution in [2.24, 2.45) is 11.7 Å². The van der Waals surface area contributed by atoms with Crippen molar-refractivity contribution >= 4 is 0 Å². The first-order valence-corrected chi connectivity index (χ1v) is 5.97. The van der Waals surface area contributed by atoms with E-state index in [0.717, 1.165) is 18.7 Å². The highest BCUT2D eigenvalue weighted by Crippen LogP contribution is 2.40. The van der Waals surface area contributed by atoms with Gasteiger partial charge >= 0.3 is 0 Å². The topological polar surface area (TPSA) is 65.7 Å². The lowest BCUT2D eigenvalue weighted by Crippen LogP contribution is -2.47. The molecule has 5 nitrogen and oxygen atoms in total. The lowest BCUT2D eigenvalue weighted by atomic mass is 9.89. The zero-order valence-electron chi connectivity index (χ0n) is 11.0. The van der Waals surface area contributed by atoms with Gasteiger partial charge in [0.2, 0.25) is 5.75 Å². The van der Waals surface area contributed by atoms with Crippen LogP contribution in [0, 0.1) is 5.92 Å². The standard InChI is InChI=1S/C13H20N2O3/c1-16-10-4-8(12(14)9-6-15-7-9)5-11(17-2)13(10)18-3/h4-5,9,12,15H,6-7,14H2,1-3H3. The molecular formula is C13H20N2O3. The molecule has 100 valence electrons. The van der Waals surface area contributed by atoms with E-state index in [1.54, 1.807) is 21.3 Å². The minimum Gasteiger partial charge on any atom is -0.493 e. The second-order valence-corrected chi connectivity index (χ2v) is 4.40. The van der Waals surface area contributed by atoms with E-state index in [0.29, 0.717) is 23.2 Å². The zero-order valence-corrected chi connectivity index (χ0v) is 11.0. The molecule has 0 spiro atoms. The zero-order chi connectivity index (χ0) is 13.1. The molecule has 1 heterocycles. The van der Waals surface area contributed by atoms with Crippen molar-refractivity contribution in [1.82, 2.24) is 5.32 Å². The fraction of sp³-hybridized carbons (Fsp3) is 0.538. The van der Waals surface area contributed by atoms with Crippen LogP contribution < -0.4 is 25.3 Å². The summed E-state index contributed by atoms with van der Waals surface area (Å²) in [6.45, 7) is 1.91. The van der Waals surface area contributed by atoms with Crippen molar-refractivity contribution in [1.29, 1.82) is 0 Å². The Balaban J connectivity index is 2.35. The van der Waals surface area contributed by atoms with Crippen molar-refractivity contribution in [3.63, 3.8) is 0 Å². The first-order valence-electron chi connectivity index (χ1n) is 5.97. The Morgan fingerprint density at radius 1 is 1.11 bits per heavy atom. The summed E-state index contributed by atoms with van der Waals surface area (Å²) in [4.78, 5) is 0. The van der Waals surface area contributed by atoms with Gasteiger partial charge in [0.05, 0.1) is 21.3 Å². The molecule has 2 rings (SSSR count). The summed E-state index contributed by atoms with van der Waals surface area (Å²) in [6, 6.07) is 3.83. The van der Waals surface area contributed by atoms with Crippen molar-refractivity contribution in [2.75, 3.05) is 34.4 Å². The van der Waals surface area contributed by atoms with Gasteiger partial charge in [0.1, 0.15) is 0 Å². The summed E-state index contributed by atoms with van der Waals surface area (Å²) in [5.41, 5.74) is 7.26. The first-order chi connectivity index (χ1) is 8.71. The molecular weight excluding hydrogens is 232 g/mol. The fourth-order valence-corrected chi connectivity index (χ4v) is 2.13. The molecule has 0 aliphatic carbocycles. The lowest BCUT2D eigenvalue weighted by molar-refractivity contribution is 0.290. The van der Waals surface area contributed by atoms with Gasteiger partial charge in [0, 0.05) is 25.0 Å². The normalized spacial score (nSPS) is 16.9. The predicted molar refractivity (Wildman–Crippen MR) is 69.4 cm³/mol. The number of nitrogens with two attached hydrogens (primary N) is 1. The molecule has 18 heavy (non-hydrogen) atoms. The Bertz CT molecular complexity index is 394. The van der Waals surface area contributed by atoms with Gasteiger partial charge in [-0.25, -0.2) is 0 Å². The van der Waals surface area contributed by atoms with Gasteiger partial charge in [-0.3, -0.25) is 0 Å². The van der Waals surface area contributed by atoms with Crippen LogP contribution in [0.15, 0.2) is 12.1 Å². The number of methoxy groups -OCH3 is 3. The maximum atomic E-state index is 6.25. The molecule has 1 aliphatic heterocycles. The summed E-state index contributed by atoms with van der Waals surface area (Å²) in [6.07, 6.45) is 0. The molecule has 1 saturated heterocycles. The van der Waals surface area contributed by atoms with Gasteiger partial charge in [-0.05, 0) is 17.7 Å². The minimum atomic E-state index is -0.0139. The third-order valence-corrected chi connectivity index (χ3v) is 3.39. The lowest BCUT2D eigenvalue weighted by Gasteiger charge is -2.33. The smallest absolute Gasteiger partial charge is 0.203 e. The van der Waals surface area contributed by atoms with E-state index in [1.165, 1.54) is 0 Å². The molecule has 1 fully saturated rings. The second kappa shape index (κ2) is 5.46. The van der Waals surface area contributed by atoms with Crippen LogP contribution in [0.1, 0.15) is 11.6 Å². The van der Waals surface area contributed by atoms with Gasteiger partial charge in [-0.15, -0.1) is 0 Å². The summed E-state index contributed by atoms with van der Waals surface area (Å²) in [7, 11) is 4.81. The summed E-state index contributed by atoms with van der Waals surface area (Å²) in [5, 5.41) is 3.22. The average Bonchev–Trinajstić information content (AvgIpc) is 2.34. The number of hydrogen-bond donors (Lipinski definition) is 2. The summed E-state index contributed by atoms with van der Waals surface area (Å²) in [5.74, 6) is 2.36. The van der Waals surface area contributed by atoms with Crippen LogP contribution in [0.5, 0.6) is 17.2 Å². The van der Waals surface area contributed by atoms with Crippen molar-refractivity contribution < 1.29 is 14.2 Å². The minimum absolute atomic E-state index is 0.0139. The van der Waals surface area contributed by atoms with Crippen LogP contribution in [0.2, 0.25) is 0 Å². The van der Waals surface area contributed by atoms with Crippen LogP contribution in [0.25, 0.3) is 0 Å². The fourth-order valence-electron chi connectivity index (χ4n) is 2.13. The molecule has 5 heteroatoms. The average molecular weight is 252 g/mol. The highest BCUT2D eigenvalue weighted by atomic mass is 16.5. The van der Waals surface area contributed by atoms with Gasteiger partial charge < -0.3 is 25.3 Å². The predicted octanol–water partition coefficient (Wildman–Crippen LogP) is 0.932. The Labute approximate surface area is 107 Å². The number of nitrogens with one attached hydrogen (secondary N) is 1. The maximum absolute atomic E-state index is 6.25. The molecule has 1 unspecified atom stereocenters. The number of rotatable bonds is 5. The summed E-state index contributed by atoms with van der Waals surface area (Å²) < 4.78 is 15.9. The summed E-state index contributed by atoms with van der Waals surface area (Å²) >= 11 is 0. The van der Waals surface area contributed by atoms with E-state index in [2.05, 4.69) is 5.32 Å². The van der Waals surface area contributed by atoms with Crippen LogP contribution in [0.4, 0.5) is 0 Å². The van der Waals surface area contributed by atoms with Gasteiger partial charge in [0.15, 0.2) is 11.5 Å². The molecule has 0 amide bonds. The molecule has 1 aliphatic rings. The Hall–Kier alpha value is -1.46. The van der Waals surface area contributed by atoms with E-state index in [-0.39, 0.29) is 6.04 Å². The maximum Gasteiger partial charge on any atom is 0.203 e. The number of hydrogen-bond acceptors (Lipinski definition) is 5. The monoisotopic (exact) mass is 252 g/mol. The first kappa shape index (κ1) is 13.0. The van der Waals surface area contributed by atoms with Crippen LogP contribution in [-0.4, -0.2) is 34.4 Å². The van der Waals surface area contributed by atoms with Crippen LogP contribution in [-0.2, 0) is 0 Å². The molecule has 0 bridgehead atoms. The number of ether oxygens (including phenoxy) is 3. The van der Waals surface area contributed by atoms with E-state index < -0.39 is 0 Å². The largest absolute Gasteiger partial charge is 0.493 e. The van der Waals surface area contributed by atoms with Crippen molar-refractivity contribution in [3.05, 3.63) is 17.7 Å². The van der Waals surface area contributed by atoms with E-state index >= 15 is 0 Å². The van der Waals surface area contributed by atoms with E-state index in [1.807, 2.05) is 12.1 Å². The third kappa shape index (κ3) is 2.23. The molecule has 1 atom stereocenters. The Morgan fingerprint density at radius 2 is 1.67 bits per heavy atom. The van der Waals surface area contributed by atoms with Gasteiger partial charge in [0.25, 0.3) is 0 Å². The SMILES string of the molecule is COc1cc(C(N)C2CNC2)cc(OC)c1OC. The number of benzene rings is 1. The molecule has 1 aromatic rings. The Kier molecular flexibility index (Phi) is 3.93. The molecule has 0 saturated carbocycles. The van der Waals surface area contributed by atoms with Crippen molar-refractivity contribution in [2.45, 2.75) is 6.04 Å². The molecule has 0 aromatic heterocycles. The van der Waals surface area contributed by atoms with Gasteiger partial charge in [-0.2, -0.15) is 0 Å². The Morgan fingerprint density at radius 3 is 2.00 bits per heavy atom. The van der Waals surface area contributed by atoms with Crippen LogP contribution >= 0.6 is 0 Å². The van der Waals surface area contributed by atoms with E-state index in [4.69, 9.17) is 19.9 Å². The highest BCUT2D eigenvalue weighted by Gasteiger charge is 2.27. The molecule has 1 aromatic carbocycles. The third-order valence-electron chi connectivity index (χ3n) is 3.39. The van der Waals surface area contributed by atoms with Crippen molar-refractivity contribution in [3.8, 4) is 17.2 Å². The molecule has 0 radical (unpaired) electrons. The quantitative estimate of drug-likeness (QED) is 0.816. The van der Waals surface area contributed by atoms with Crippen LogP contribution in [0.3, 0.4) is 0 Å². The highest BCUT2D eigenvalue weighted by molar-refractivity contribution is 5.54. The van der Waals surface area contributed by atoms with E-state index in [9.17, 15) is 0 Å². The molecule has 3 N–H and O–H groups in total. The van der Waals surface area contributed by atoms with Gasteiger partial charge in [-0.1, -0.05) is 0 Å². The second-order valence-electron chi connectivity index (χ2n) is 4.40.